The second-order valence-corrected chi connectivity index (χ2v) is 5.81. The Labute approximate surface area is 144 Å². The van der Waals surface area contributed by atoms with Crippen LogP contribution in [0.5, 0.6) is 0 Å². The molecular formula is C19H14N4O2. The van der Waals surface area contributed by atoms with Crippen LogP contribution in [0.4, 0.5) is 11.4 Å². The van der Waals surface area contributed by atoms with Gasteiger partial charge in [-0.05, 0) is 55.0 Å². The van der Waals surface area contributed by atoms with E-state index in [1.165, 1.54) is 0 Å². The van der Waals surface area contributed by atoms with Crippen LogP contribution in [0.1, 0.15) is 17.5 Å². The summed E-state index contributed by atoms with van der Waals surface area (Å²) in [4.78, 5) is 24.4. The van der Waals surface area contributed by atoms with Crippen molar-refractivity contribution in [3.05, 3.63) is 59.7 Å². The fraction of sp³-hybridized carbons (Fsp3) is 0.158. The van der Waals surface area contributed by atoms with Gasteiger partial charge in [-0.1, -0.05) is 0 Å². The summed E-state index contributed by atoms with van der Waals surface area (Å²) in [6.45, 7) is 0. The first-order valence-corrected chi connectivity index (χ1v) is 7.73. The predicted molar refractivity (Wildman–Crippen MR) is 91.2 cm³/mol. The van der Waals surface area contributed by atoms with Gasteiger partial charge in [0.2, 0.25) is 11.8 Å². The molecule has 0 aromatic heterocycles. The summed E-state index contributed by atoms with van der Waals surface area (Å²) in [5, 5.41) is 23.0. The van der Waals surface area contributed by atoms with Crippen LogP contribution in [-0.4, -0.2) is 11.8 Å². The number of nitrogens with one attached hydrogen (secondary N) is 2. The third kappa shape index (κ3) is 3.82. The number of amides is 2. The van der Waals surface area contributed by atoms with Gasteiger partial charge < -0.3 is 10.6 Å². The number of hydrogen-bond acceptors (Lipinski definition) is 4. The van der Waals surface area contributed by atoms with Crippen molar-refractivity contribution in [3.8, 4) is 12.1 Å². The minimum Gasteiger partial charge on any atom is -0.326 e. The van der Waals surface area contributed by atoms with E-state index in [4.69, 9.17) is 10.5 Å². The zero-order valence-electron chi connectivity index (χ0n) is 13.2. The third-order valence-corrected chi connectivity index (χ3v) is 4.03. The molecule has 2 aromatic carbocycles. The average molecular weight is 330 g/mol. The second kappa shape index (κ2) is 6.86. The molecule has 3 rings (SSSR count). The zero-order valence-corrected chi connectivity index (χ0v) is 13.2. The lowest BCUT2D eigenvalue weighted by molar-refractivity contribution is -0.122. The number of rotatable bonds is 4. The molecule has 1 aliphatic carbocycles. The minimum absolute atomic E-state index is 0.204. The molecule has 2 N–H and O–H groups in total. The lowest BCUT2D eigenvalue weighted by atomic mass is 10.2. The van der Waals surface area contributed by atoms with Gasteiger partial charge in [-0.25, -0.2) is 0 Å². The van der Waals surface area contributed by atoms with Gasteiger partial charge >= 0.3 is 0 Å². The number of carbonyl (C=O) groups is 2. The molecule has 0 saturated heterocycles. The van der Waals surface area contributed by atoms with Crippen LogP contribution in [0.25, 0.3) is 0 Å². The van der Waals surface area contributed by atoms with Crippen LogP contribution in [0.15, 0.2) is 48.5 Å². The monoisotopic (exact) mass is 330 g/mol. The fourth-order valence-corrected chi connectivity index (χ4v) is 2.50. The van der Waals surface area contributed by atoms with Gasteiger partial charge in [0.1, 0.15) is 0 Å². The second-order valence-electron chi connectivity index (χ2n) is 5.81. The highest BCUT2D eigenvalue weighted by Crippen LogP contribution is 2.40. The van der Waals surface area contributed by atoms with Gasteiger partial charge in [0.05, 0.1) is 35.1 Å². The van der Waals surface area contributed by atoms with E-state index in [2.05, 4.69) is 10.6 Å². The summed E-state index contributed by atoms with van der Waals surface area (Å²) >= 11 is 0. The molecular weight excluding hydrogens is 316 g/mol. The summed E-state index contributed by atoms with van der Waals surface area (Å²) in [5.74, 6) is -1.11. The Bertz CT molecular complexity index is 814. The molecule has 25 heavy (non-hydrogen) atoms. The van der Waals surface area contributed by atoms with E-state index in [1.807, 2.05) is 12.1 Å². The van der Waals surface area contributed by atoms with Crippen LogP contribution in [0, 0.1) is 34.5 Å². The summed E-state index contributed by atoms with van der Waals surface area (Å²) in [7, 11) is 0. The third-order valence-electron chi connectivity index (χ3n) is 4.03. The van der Waals surface area contributed by atoms with Gasteiger partial charge in [0.25, 0.3) is 0 Å². The minimum atomic E-state index is -0.353. The SMILES string of the molecule is N#Cc1ccc(NC(=O)[C@H]2C[C@@H]2C(=O)Nc2ccc(C#N)cc2)cc1. The molecule has 1 saturated carbocycles. The topological polar surface area (TPSA) is 106 Å². The molecule has 0 aliphatic heterocycles. The van der Waals surface area contributed by atoms with Gasteiger partial charge in [-0.2, -0.15) is 10.5 Å². The maximum Gasteiger partial charge on any atom is 0.228 e. The molecule has 0 bridgehead atoms. The van der Waals surface area contributed by atoms with Crippen molar-refractivity contribution in [3.63, 3.8) is 0 Å². The Balaban J connectivity index is 1.54. The first-order valence-electron chi connectivity index (χ1n) is 7.73. The number of hydrogen-bond donors (Lipinski definition) is 2. The molecule has 1 aliphatic rings. The van der Waals surface area contributed by atoms with Crippen molar-refractivity contribution >= 4 is 23.2 Å². The standard InChI is InChI=1S/C19H14N4O2/c20-10-12-1-5-14(6-2-12)22-18(24)16-9-17(16)19(25)23-15-7-3-13(11-21)4-8-15/h1-8,16-17H,9H2,(H,22,24)(H,23,25)/t16-,17-/m0/s1. The van der Waals surface area contributed by atoms with Crippen molar-refractivity contribution in [1.29, 1.82) is 10.5 Å². The summed E-state index contributed by atoms with van der Waals surface area (Å²) in [6.07, 6.45) is 0.504. The van der Waals surface area contributed by atoms with Crippen LogP contribution < -0.4 is 10.6 Å². The van der Waals surface area contributed by atoms with Crippen LogP contribution in [0.3, 0.4) is 0 Å². The highest BCUT2D eigenvalue weighted by molar-refractivity contribution is 6.03. The molecule has 0 radical (unpaired) electrons. The quantitative estimate of drug-likeness (QED) is 0.898. The summed E-state index contributed by atoms with van der Waals surface area (Å²) in [5.41, 5.74) is 2.23. The summed E-state index contributed by atoms with van der Waals surface area (Å²) < 4.78 is 0. The molecule has 2 aromatic rings. The lowest BCUT2D eigenvalue weighted by Crippen LogP contribution is -2.20. The first kappa shape index (κ1) is 16.2. The van der Waals surface area contributed by atoms with Crippen LogP contribution in [-0.2, 0) is 9.59 Å². The van der Waals surface area contributed by atoms with E-state index in [0.717, 1.165) is 0 Å². The molecule has 1 fully saturated rings. The number of anilines is 2. The van der Waals surface area contributed by atoms with Crippen molar-refractivity contribution in [2.24, 2.45) is 11.8 Å². The Morgan fingerprint density at radius 1 is 0.760 bits per heavy atom. The Hall–Kier alpha value is -3.64. The van der Waals surface area contributed by atoms with Crippen molar-refractivity contribution in [1.82, 2.24) is 0 Å². The smallest absolute Gasteiger partial charge is 0.228 e. The molecule has 6 nitrogen and oxygen atoms in total. The molecule has 2 amide bonds. The average Bonchev–Trinajstić information content (AvgIpc) is 3.44. The van der Waals surface area contributed by atoms with Crippen LogP contribution in [0.2, 0.25) is 0 Å². The number of nitriles is 2. The van der Waals surface area contributed by atoms with E-state index in [1.54, 1.807) is 48.5 Å². The largest absolute Gasteiger partial charge is 0.326 e. The zero-order chi connectivity index (χ0) is 17.8. The normalized spacial score (nSPS) is 17.7. The predicted octanol–water partition coefficient (Wildman–Crippen LogP) is 2.64. The Kier molecular flexibility index (Phi) is 4.45. The van der Waals surface area contributed by atoms with Gasteiger partial charge in [0, 0.05) is 11.4 Å². The Morgan fingerprint density at radius 3 is 1.44 bits per heavy atom. The maximum absolute atomic E-state index is 12.2. The highest BCUT2D eigenvalue weighted by atomic mass is 16.2. The van der Waals surface area contributed by atoms with Crippen molar-refractivity contribution in [2.75, 3.05) is 10.6 Å². The van der Waals surface area contributed by atoms with E-state index in [0.29, 0.717) is 28.9 Å². The molecule has 0 unspecified atom stereocenters. The molecule has 0 heterocycles. The van der Waals surface area contributed by atoms with Crippen LogP contribution >= 0.6 is 0 Å². The number of carbonyl (C=O) groups excluding carboxylic acids is 2. The van der Waals surface area contributed by atoms with Gasteiger partial charge in [0.15, 0.2) is 0 Å². The number of benzene rings is 2. The first-order chi connectivity index (χ1) is 12.1. The van der Waals surface area contributed by atoms with Crippen molar-refractivity contribution < 1.29 is 9.59 Å². The van der Waals surface area contributed by atoms with E-state index < -0.39 is 0 Å². The molecule has 122 valence electrons. The fourth-order valence-electron chi connectivity index (χ4n) is 2.50. The molecule has 2 atom stereocenters. The highest BCUT2D eigenvalue weighted by Gasteiger charge is 2.48. The van der Waals surface area contributed by atoms with E-state index in [9.17, 15) is 9.59 Å². The van der Waals surface area contributed by atoms with Gasteiger partial charge in [-0.3, -0.25) is 9.59 Å². The van der Waals surface area contributed by atoms with E-state index >= 15 is 0 Å². The van der Waals surface area contributed by atoms with Crippen molar-refractivity contribution in [2.45, 2.75) is 6.42 Å². The number of nitrogens with zero attached hydrogens (tertiary/aromatic N) is 2. The lowest BCUT2D eigenvalue weighted by Gasteiger charge is -2.06. The molecule has 6 heteroatoms. The molecule has 0 spiro atoms. The van der Waals surface area contributed by atoms with Gasteiger partial charge in [-0.15, -0.1) is 0 Å². The maximum atomic E-state index is 12.2. The summed E-state index contributed by atoms with van der Waals surface area (Å²) in [6, 6.07) is 17.1. The van der Waals surface area contributed by atoms with E-state index in [-0.39, 0.29) is 23.7 Å². The Morgan fingerprint density at radius 2 is 1.12 bits per heavy atom.